The van der Waals surface area contributed by atoms with Gasteiger partial charge in [-0.3, -0.25) is 9.78 Å². The van der Waals surface area contributed by atoms with Crippen LogP contribution < -0.4 is 0 Å². The molecule has 88 valence electrons. The summed E-state index contributed by atoms with van der Waals surface area (Å²) in [5.74, 6) is -0.419. The maximum absolute atomic E-state index is 12.4. The fourth-order valence-electron chi connectivity index (χ4n) is 1.26. The number of carbonyl (C=O) groups excluding carboxylic acids is 1. The highest BCUT2D eigenvalue weighted by molar-refractivity contribution is 5.73. The summed E-state index contributed by atoms with van der Waals surface area (Å²) in [6, 6.07) is 1.25. The topological polar surface area (TPSA) is 39.2 Å². The van der Waals surface area contributed by atoms with Gasteiger partial charge >= 0.3 is 5.97 Å². The Morgan fingerprint density at radius 1 is 1.56 bits per heavy atom. The molecule has 0 unspecified atom stereocenters. The Kier molecular flexibility index (Phi) is 4.34. The standard InChI is InChI=1S/C11H13F2NO2/c1-3-16-10(15)5-8-4-9(11(12)13)14-6-7(8)2/h4,6,11H,3,5H2,1-2H3. The molecule has 0 aliphatic rings. The summed E-state index contributed by atoms with van der Waals surface area (Å²) in [6.45, 7) is 3.70. The molecular weight excluding hydrogens is 216 g/mol. The van der Waals surface area contributed by atoms with Gasteiger partial charge in [-0.1, -0.05) is 0 Å². The predicted octanol–water partition coefficient (Wildman–Crippen LogP) is 2.43. The summed E-state index contributed by atoms with van der Waals surface area (Å²) < 4.78 is 29.5. The first-order valence-electron chi connectivity index (χ1n) is 4.93. The highest BCUT2D eigenvalue weighted by atomic mass is 19.3. The lowest BCUT2D eigenvalue weighted by atomic mass is 10.1. The molecule has 5 heteroatoms. The molecule has 0 N–H and O–H groups in total. The van der Waals surface area contributed by atoms with Gasteiger partial charge in [0.1, 0.15) is 5.69 Å². The van der Waals surface area contributed by atoms with Crippen molar-refractivity contribution >= 4 is 5.97 Å². The Bertz CT molecular complexity index is 380. The number of aryl methyl sites for hydroxylation is 1. The van der Waals surface area contributed by atoms with Crippen LogP contribution in [0.1, 0.15) is 30.2 Å². The van der Waals surface area contributed by atoms with Crippen molar-refractivity contribution in [2.45, 2.75) is 26.7 Å². The highest BCUT2D eigenvalue weighted by Crippen LogP contribution is 2.19. The Labute approximate surface area is 92.4 Å². The van der Waals surface area contributed by atoms with Gasteiger partial charge in [-0.2, -0.15) is 0 Å². The Morgan fingerprint density at radius 3 is 2.81 bits per heavy atom. The monoisotopic (exact) mass is 229 g/mol. The lowest BCUT2D eigenvalue weighted by Crippen LogP contribution is -2.09. The molecule has 0 amide bonds. The van der Waals surface area contributed by atoms with Crippen LogP contribution in [0.5, 0.6) is 0 Å². The van der Waals surface area contributed by atoms with Gasteiger partial charge in [0.25, 0.3) is 6.43 Å². The molecule has 3 nitrogen and oxygen atoms in total. The van der Waals surface area contributed by atoms with Crippen molar-refractivity contribution < 1.29 is 18.3 Å². The van der Waals surface area contributed by atoms with Crippen molar-refractivity contribution in [2.75, 3.05) is 6.61 Å². The summed E-state index contributed by atoms with van der Waals surface area (Å²) >= 11 is 0. The highest BCUT2D eigenvalue weighted by Gasteiger charge is 2.13. The zero-order chi connectivity index (χ0) is 12.1. The van der Waals surface area contributed by atoms with E-state index in [2.05, 4.69) is 4.98 Å². The molecule has 0 bridgehead atoms. The third-order valence-corrected chi connectivity index (χ3v) is 2.10. The maximum Gasteiger partial charge on any atom is 0.310 e. The predicted molar refractivity (Wildman–Crippen MR) is 54.3 cm³/mol. The van der Waals surface area contributed by atoms with Crippen LogP contribution in [-0.4, -0.2) is 17.6 Å². The van der Waals surface area contributed by atoms with Crippen molar-refractivity contribution in [3.05, 3.63) is 29.1 Å². The molecular formula is C11H13F2NO2. The van der Waals surface area contributed by atoms with Gasteiger partial charge < -0.3 is 4.74 Å². The maximum atomic E-state index is 12.4. The second kappa shape index (κ2) is 5.53. The largest absolute Gasteiger partial charge is 0.466 e. The molecule has 0 fully saturated rings. The molecule has 0 aliphatic heterocycles. The second-order valence-corrected chi connectivity index (χ2v) is 3.32. The van der Waals surface area contributed by atoms with E-state index in [-0.39, 0.29) is 18.7 Å². The fourth-order valence-corrected chi connectivity index (χ4v) is 1.26. The molecule has 1 rings (SSSR count). The number of esters is 1. The molecule has 1 heterocycles. The number of aromatic nitrogens is 1. The van der Waals surface area contributed by atoms with Crippen LogP contribution in [0, 0.1) is 6.92 Å². The third-order valence-electron chi connectivity index (χ3n) is 2.10. The molecule has 0 atom stereocenters. The van der Waals surface area contributed by atoms with Gasteiger partial charge in [0.05, 0.1) is 13.0 Å². The van der Waals surface area contributed by atoms with Crippen molar-refractivity contribution in [3.8, 4) is 0 Å². The zero-order valence-electron chi connectivity index (χ0n) is 9.17. The van der Waals surface area contributed by atoms with Crippen LogP contribution in [0.3, 0.4) is 0 Å². The molecule has 1 aromatic heterocycles. The first-order valence-corrected chi connectivity index (χ1v) is 4.93. The number of hydrogen-bond donors (Lipinski definition) is 0. The van der Waals surface area contributed by atoms with Gasteiger partial charge in [0.2, 0.25) is 0 Å². The van der Waals surface area contributed by atoms with Crippen molar-refractivity contribution in [3.63, 3.8) is 0 Å². The number of hydrogen-bond acceptors (Lipinski definition) is 3. The van der Waals surface area contributed by atoms with Crippen LogP contribution >= 0.6 is 0 Å². The fraction of sp³-hybridized carbons (Fsp3) is 0.455. The summed E-state index contributed by atoms with van der Waals surface area (Å²) in [4.78, 5) is 14.8. The van der Waals surface area contributed by atoms with E-state index < -0.39 is 12.4 Å². The number of pyridine rings is 1. The molecule has 0 radical (unpaired) electrons. The minimum atomic E-state index is -2.62. The molecule has 1 aromatic rings. The average Bonchev–Trinajstić information content (AvgIpc) is 2.21. The van der Waals surface area contributed by atoms with Crippen LogP contribution in [0.2, 0.25) is 0 Å². The second-order valence-electron chi connectivity index (χ2n) is 3.32. The summed E-state index contributed by atoms with van der Waals surface area (Å²) in [6.07, 6.45) is -1.28. The van der Waals surface area contributed by atoms with Crippen LogP contribution in [0.15, 0.2) is 12.3 Å². The summed E-state index contributed by atoms with van der Waals surface area (Å²) in [5, 5.41) is 0. The first kappa shape index (κ1) is 12.5. The zero-order valence-corrected chi connectivity index (χ0v) is 9.17. The van der Waals surface area contributed by atoms with E-state index in [4.69, 9.17) is 4.74 Å². The number of rotatable bonds is 4. The molecule has 0 aromatic carbocycles. The first-order chi connectivity index (χ1) is 7.54. The van der Waals surface area contributed by atoms with E-state index in [0.29, 0.717) is 11.1 Å². The van der Waals surface area contributed by atoms with E-state index in [0.717, 1.165) is 0 Å². The molecule has 0 spiro atoms. The number of halogens is 2. The smallest absolute Gasteiger partial charge is 0.310 e. The van der Waals surface area contributed by atoms with Gasteiger partial charge in [0.15, 0.2) is 0 Å². The van der Waals surface area contributed by atoms with E-state index in [1.807, 2.05) is 0 Å². The van der Waals surface area contributed by atoms with Gasteiger partial charge in [-0.15, -0.1) is 0 Å². The van der Waals surface area contributed by atoms with E-state index >= 15 is 0 Å². The van der Waals surface area contributed by atoms with Crippen molar-refractivity contribution in [2.24, 2.45) is 0 Å². The van der Waals surface area contributed by atoms with Gasteiger partial charge in [-0.05, 0) is 31.0 Å². The number of nitrogens with zero attached hydrogens (tertiary/aromatic N) is 1. The molecule has 0 saturated heterocycles. The molecule has 0 saturated carbocycles. The summed E-state index contributed by atoms with van der Waals surface area (Å²) in [5.41, 5.74) is 0.922. The minimum Gasteiger partial charge on any atom is -0.466 e. The Morgan fingerprint density at radius 2 is 2.25 bits per heavy atom. The van der Waals surface area contributed by atoms with Crippen molar-refractivity contribution in [1.29, 1.82) is 0 Å². The van der Waals surface area contributed by atoms with Gasteiger partial charge in [-0.25, -0.2) is 8.78 Å². The van der Waals surface area contributed by atoms with E-state index in [1.54, 1.807) is 13.8 Å². The number of alkyl halides is 2. The summed E-state index contributed by atoms with van der Waals surface area (Å²) in [7, 11) is 0. The van der Waals surface area contributed by atoms with E-state index in [1.165, 1.54) is 12.3 Å². The Balaban J connectivity index is 2.86. The van der Waals surface area contributed by atoms with Crippen LogP contribution in [-0.2, 0) is 16.0 Å². The van der Waals surface area contributed by atoms with Crippen LogP contribution in [0.4, 0.5) is 8.78 Å². The van der Waals surface area contributed by atoms with Crippen molar-refractivity contribution in [1.82, 2.24) is 4.98 Å². The molecule has 0 aliphatic carbocycles. The van der Waals surface area contributed by atoms with Crippen LogP contribution in [0.25, 0.3) is 0 Å². The third kappa shape index (κ3) is 3.25. The number of carbonyl (C=O) groups is 1. The molecule has 16 heavy (non-hydrogen) atoms. The Hall–Kier alpha value is -1.52. The minimum absolute atomic E-state index is 0.00190. The lowest BCUT2D eigenvalue weighted by molar-refractivity contribution is -0.142. The lowest BCUT2D eigenvalue weighted by Gasteiger charge is -2.07. The normalized spacial score (nSPS) is 10.6. The quantitative estimate of drug-likeness (QED) is 0.744. The van der Waals surface area contributed by atoms with E-state index in [9.17, 15) is 13.6 Å². The van der Waals surface area contributed by atoms with Gasteiger partial charge in [0, 0.05) is 6.20 Å². The SMILES string of the molecule is CCOC(=O)Cc1cc(C(F)F)ncc1C. The number of ether oxygens (including phenoxy) is 1. The average molecular weight is 229 g/mol.